The molecule has 2 aromatic rings. The summed E-state index contributed by atoms with van der Waals surface area (Å²) >= 11 is 0. The van der Waals surface area contributed by atoms with Gasteiger partial charge in [0.1, 0.15) is 5.82 Å². The van der Waals surface area contributed by atoms with Crippen molar-refractivity contribution in [3.8, 4) is 0 Å². The van der Waals surface area contributed by atoms with Crippen LogP contribution in [0.15, 0.2) is 36.9 Å². The predicted octanol–water partition coefficient (Wildman–Crippen LogP) is 2.59. The van der Waals surface area contributed by atoms with Crippen LogP contribution in [0.4, 0.5) is 10.1 Å². The lowest BCUT2D eigenvalue weighted by Crippen LogP contribution is -2.43. The molecule has 2 heterocycles. The Balaban J connectivity index is 2.24. The van der Waals surface area contributed by atoms with E-state index in [9.17, 15) is 9.18 Å². The first-order valence-corrected chi connectivity index (χ1v) is 6.08. The minimum atomic E-state index is -0.679. The van der Waals surface area contributed by atoms with E-state index in [1.54, 1.807) is 24.8 Å². The number of rotatable bonds is 1. The summed E-state index contributed by atoms with van der Waals surface area (Å²) in [5.41, 5.74) is 0.744. The van der Waals surface area contributed by atoms with Crippen molar-refractivity contribution in [3.05, 3.63) is 48.3 Å². The number of benzene rings is 1. The first kappa shape index (κ1) is 11.9. The molecule has 0 bridgehead atoms. The van der Waals surface area contributed by atoms with Crippen LogP contribution in [0.5, 0.6) is 0 Å². The molecule has 1 aliphatic heterocycles. The molecule has 1 amide bonds. The van der Waals surface area contributed by atoms with Crippen molar-refractivity contribution >= 4 is 11.6 Å². The van der Waals surface area contributed by atoms with Crippen molar-refractivity contribution in [2.45, 2.75) is 19.9 Å². The van der Waals surface area contributed by atoms with Crippen LogP contribution in [-0.4, -0.2) is 15.5 Å². The monoisotopic (exact) mass is 259 g/mol. The Morgan fingerprint density at radius 2 is 2.21 bits per heavy atom. The molecule has 0 aliphatic carbocycles. The van der Waals surface area contributed by atoms with Gasteiger partial charge in [-0.25, -0.2) is 9.37 Å². The predicted molar refractivity (Wildman–Crippen MR) is 69.2 cm³/mol. The van der Waals surface area contributed by atoms with Gasteiger partial charge in [0.05, 0.1) is 17.8 Å². The number of carbonyl (C=O) groups is 1. The molecule has 5 heteroatoms. The molecule has 0 fully saturated rings. The number of imidazole rings is 1. The number of halogens is 1. The molecule has 0 saturated heterocycles. The van der Waals surface area contributed by atoms with Gasteiger partial charge in [0.15, 0.2) is 0 Å². The summed E-state index contributed by atoms with van der Waals surface area (Å²) < 4.78 is 15.4. The van der Waals surface area contributed by atoms with Crippen LogP contribution in [0.3, 0.4) is 0 Å². The number of aromatic nitrogens is 2. The minimum Gasteiger partial charge on any atom is -0.329 e. The van der Waals surface area contributed by atoms with Gasteiger partial charge < -0.3 is 9.88 Å². The summed E-state index contributed by atoms with van der Waals surface area (Å²) in [5.74, 6) is -0.388. The zero-order chi connectivity index (χ0) is 13.6. The van der Waals surface area contributed by atoms with Gasteiger partial charge >= 0.3 is 0 Å². The molecule has 0 spiro atoms. The fraction of sp³-hybridized carbons (Fsp3) is 0.286. The summed E-state index contributed by atoms with van der Waals surface area (Å²) in [5, 5.41) is 2.83. The highest BCUT2D eigenvalue weighted by Gasteiger charge is 2.43. The molecule has 3 rings (SSSR count). The number of nitrogens with one attached hydrogen (secondary N) is 1. The lowest BCUT2D eigenvalue weighted by molar-refractivity contribution is -0.126. The third-order valence-electron chi connectivity index (χ3n) is 3.65. The van der Waals surface area contributed by atoms with Gasteiger partial charge in [-0.15, -0.1) is 0 Å². The molecule has 1 aromatic heterocycles. The molecule has 1 aromatic carbocycles. The van der Waals surface area contributed by atoms with E-state index < -0.39 is 5.41 Å². The Morgan fingerprint density at radius 3 is 2.89 bits per heavy atom. The molecule has 1 aliphatic rings. The zero-order valence-corrected chi connectivity index (χ0v) is 10.7. The average Bonchev–Trinajstić information content (AvgIpc) is 2.84. The Labute approximate surface area is 110 Å². The normalized spacial score (nSPS) is 20.8. The van der Waals surface area contributed by atoms with E-state index in [0.29, 0.717) is 5.69 Å². The summed E-state index contributed by atoms with van der Waals surface area (Å²) in [6.07, 6.45) is 5.10. The van der Waals surface area contributed by atoms with E-state index in [2.05, 4.69) is 10.3 Å². The number of anilines is 1. The molecular formula is C14H14FN3O. The first-order chi connectivity index (χ1) is 9.00. The van der Waals surface area contributed by atoms with Crippen LogP contribution in [0, 0.1) is 11.2 Å². The second-order valence-electron chi connectivity index (χ2n) is 5.32. The van der Waals surface area contributed by atoms with E-state index >= 15 is 0 Å². The third-order valence-corrected chi connectivity index (χ3v) is 3.65. The zero-order valence-electron chi connectivity index (χ0n) is 10.7. The van der Waals surface area contributed by atoms with Crippen molar-refractivity contribution in [1.82, 2.24) is 9.55 Å². The van der Waals surface area contributed by atoms with Crippen molar-refractivity contribution in [3.63, 3.8) is 0 Å². The van der Waals surface area contributed by atoms with Crippen LogP contribution in [0.25, 0.3) is 0 Å². The summed E-state index contributed by atoms with van der Waals surface area (Å²) in [6.45, 7) is 3.70. The number of nitrogens with zero attached hydrogens (tertiary/aromatic N) is 2. The molecule has 98 valence electrons. The number of carbonyl (C=O) groups excluding carboxylic acids is 1. The fourth-order valence-electron chi connectivity index (χ4n) is 2.63. The molecule has 4 nitrogen and oxygen atoms in total. The molecule has 1 N–H and O–H groups in total. The van der Waals surface area contributed by atoms with Gasteiger partial charge in [0, 0.05) is 23.6 Å². The van der Waals surface area contributed by atoms with Crippen LogP contribution in [0.1, 0.15) is 25.5 Å². The number of hydrogen-bond donors (Lipinski definition) is 1. The number of amides is 1. The Morgan fingerprint density at radius 1 is 1.42 bits per heavy atom. The Kier molecular flexibility index (Phi) is 2.45. The van der Waals surface area contributed by atoms with Crippen LogP contribution in [0.2, 0.25) is 0 Å². The highest BCUT2D eigenvalue weighted by Crippen LogP contribution is 2.44. The summed E-state index contributed by atoms with van der Waals surface area (Å²) in [4.78, 5) is 16.3. The molecule has 0 saturated carbocycles. The molecular weight excluding hydrogens is 245 g/mol. The van der Waals surface area contributed by atoms with E-state index in [1.807, 2.05) is 18.4 Å². The Bertz CT molecular complexity index is 634. The maximum absolute atomic E-state index is 13.5. The second-order valence-corrected chi connectivity index (χ2v) is 5.32. The lowest BCUT2D eigenvalue weighted by atomic mass is 9.76. The van der Waals surface area contributed by atoms with Crippen molar-refractivity contribution in [1.29, 1.82) is 0 Å². The van der Waals surface area contributed by atoms with Gasteiger partial charge in [-0.1, -0.05) is 0 Å². The van der Waals surface area contributed by atoms with Crippen LogP contribution >= 0.6 is 0 Å². The average molecular weight is 259 g/mol. The van der Waals surface area contributed by atoms with Crippen LogP contribution < -0.4 is 5.32 Å². The van der Waals surface area contributed by atoms with Gasteiger partial charge in [-0.3, -0.25) is 4.79 Å². The van der Waals surface area contributed by atoms with E-state index in [1.165, 1.54) is 12.1 Å². The summed E-state index contributed by atoms with van der Waals surface area (Å²) in [7, 11) is 0. The molecule has 19 heavy (non-hydrogen) atoms. The minimum absolute atomic E-state index is 0.0784. The van der Waals surface area contributed by atoms with E-state index in [0.717, 1.165) is 5.56 Å². The van der Waals surface area contributed by atoms with Gasteiger partial charge in [-0.2, -0.15) is 0 Å². The second kappa shape index (κ2) is 3.91. The highest BCUT2D eigenvalue weighted by molar-refractivity contribution is 5.98. The van der Waals surface area contributed by atoms with Crippen LogP contribution in [-0.2, 0) is 4.79 Å². The first-order valence-electron chi connectivity index (χ1n) is 6.08. The van der Waals surface area contributed by atoms with Crippen molar-refractivity contribution in [2.24, 2.45) is 5.41 Å². The lowest BCUT2D eigenvalue weighted by Gasteiger charge is -2.39. The highest BCUT2D eigenvalue weighted by atomic mass is 19.1. The standard InChI is InChI=1S/C14H14FN3O/c1-14(2)12(18-6-5-16-8-18)10-7-9(15)3-4-11(10)17-13(14)19/h3-8,12H,1-2H3,(H,17,19). The molecule has 0 radical (unpaired) electrons. The largest absolute Gasteiger partial charge is 0.329 e. The number of hydrogen-bond acceptors (Lipinski definition) is 2. The SMILES string of the molecule is CC1(C)C(=O)Nc2ccc(F)cc2C1n1ccnc1. The maximum atomic E-state index is 13.5. The maximum Gasteiger partial charge on any atom is 0.232 e. The van der Waals surface area contributed by atoms with Gasteiger partial charge in [-0.05, 0) is 32.0 Å². The molecule has 1 unspecified atom stereocenters. The van der Waals surface area contributed by atoms with Crippen molar-refractivity contribution in [2.75, 3.05) is 5.32 Å². The smallest absolute Gasteiger partial charge is 0.232 e. The quantitative estimate of drug-likeness (QED) is 0.855. The van der Waals surface area contributed by atoms with Gasteiger partial charge in [0.2, 0.25) is 5.91 Å². The summed E-state index contributed by atoms with van der Waals surface area (Å²) in [6, 6.07) is 4.15. The Hall–Kier alpha value is -2.17. The molecule has 1 atom stereocenters. The number of fused-ring (bicyclic) bond motifs is 1. The van der Waals surface area contributed by atoms with Gasteiger partial charge in [0.25, 0.3) is 0 Å². The van der Waals surface area contributed by atoms with Crippen molar-refractivity contribution < 1.29 is 9.18 Å². The van der Waals surface area contributed by atoms with E-state index in [4.69, 9.17) is 0 Å². The topological polar surface area (TPSA) is 46.9 Å². The third kappa shape index (κ3) is 1.73. The fourth-order valence-corrected chi connectivity index (χ4v) is 2.63. The van der Waals surface area contributed by atoms with E-state index in [-0.39, 0.29) is 17.8 Å².